The van der Waals surface area contributed by atoms with E-state index in [0.29, 0.717) is 0 Å². The highest BCUT2D eigenvalue weighted by Crippen LogP contribution is 2.24. The Labute approximate surface area is 75.6 Å². The van der Waals surface area contributed by atoms with E-state index in [0.717, 1.165) is 0 Å². The van der Waals surface area contributed by atoms with Gasteiger partial charge in [0.15, 0.2) is 0 Å². The molecule has 3 heteroatoms. The van der Waals surface area contributed by atoms with E-state index in [2.05, 4.69) is 29.6 Å². The predicted octanol–water partition coefficient (Wildman–Crippen LogP) is 2.30. The van der Waals surface area contributed by atoms with E-state index >= 15 is 0 Å². The van der Waals surface area contributed by atoms with Gasteiger partial charge in [0.2, 0.25) is 0 Å². The van der Waals surface area contributed by atoms with Crippen molar-refractivity contribution in [3.63, 3.8) is 0 Å². The van der Waals surface area contributed by atoms with Gasteiger partial charge in [0.25, 0.3) is 0 Å². The van der Waals surface area contributed by atoms with Crippen LogP contribution in [0.2, 0.25) is 0 Å². The summed E-state index contributed by atoms with van der Waals surface area (Å²) in [6, 6.07) is 6.27. The summed E-state index contributed by atoms with van der Waals surface area (Å²) >= 11 is 1.76. The lowest BCUT2D eigenvalue weighted by molar-refractivity contribution is 0.791. The first-order chi connectivity index (χ1) is 5.83. The highest BCUT2D eigenvalue weighted by molar-refractivity contribution is 7.98. The summed E-state index contributed by atoms with van der Waals surface area (Å²) in [6.45, 7) is 0. The van der Waals surface area contributed by atoms with Crippen LogP contribution in [0.4, 0.5) is 0 Å². The molecule has 2 aromatic rings. The summed E-state index contributed by atoms with van der Waals surface area (Å²) < 4.78 is 1.92. The Kier molecular flexibility index (Phi) is 1.81. The number of benzene rings is 1. The number of para-hydroxylation sites is 1. The molecule has 12 heavy (non-hydrogen) atoms. The molecular formula is C9H10N2S. The van der Waals surface area contributed by atoms with Gasteiger partial charge in [-0.1, -0.05) is 12.1 Å². The molecule has 0 atom stereocenters. The van der Waals surface area contributed by atoms with Crippen LogP contribution in [0.25, 0.3) is 10.9 Å². The molecule has 0 unspecified atom stereocenters. The molecule has 62 valence electrons. The number of thioether (sulfide) groups is 1. The van der Waals surface area contributed by atoms with Gasteiger partial charge < -0.3 is 0 Å². The van der Waals surface area contributed by atoms with Gasteiger partial charge in [0, 0.05) is 17.3 Å². The van der Waals surface area contributed by atoms with E-state index in [4.69, 9.17) is 0 Å². The second-order valence-electron chi connectivity index (χ2n) is 2.67. The third kappa shape index (κ3) is 1.01. The number of nitrogens with zero attached hydrogens (tertiary/aromatic N) is 2. The van der Waals surface area contributed by atoms with Crippen LogP contribution in [0.3, 0.4) is 0 Å². The minimum absolute atomic E-state index is 1.21. The summed E-state index contributed by atoms with van der Waals surface area (Å²) in [5.41, 5.74) is 1.23. The molecule has 0 radical (unpaired) electrons. The van der Waals surface area contributed by atoms with Crippen molar-refractivity contribution >= 4 is 22.7 Å². The van der Waals surface area contributed by atoms with Crippen LogP contribution in [0.1, 0.15) is 0 Å². The smallest absolute Gasteiger partial charge is 0.0814 e. The maximum atomic E-state index is 4.21. The minimum atomic E-state index is 1.21. The van der Waals surface area contributed by atoms with Crippen LogP contribution >= 0.6 is 11.8 Å². The van der Waals surface area contributed by atoms with E-state index < -0.39 is 0 Å². The Morgan fingerprint density at radius 2 is 2.25 bits per heavy atom. The molecule has 1 aromatic heterocycles. The third-order valence-corrected chi connectivity index (χ3v) is 2.71. The Morgan fingerprint density at radius 3 is 3.00 bits per heavy atom. The lowest BCUT2D eigenvalue weighted by Crippen LogP contribution is -1.89. The third-order valence-electron chi connectivity index (χ3n) is 1.94. The normalized spacial score (nSPS) is 10.8. The van der Waals surface area contributed by atoms with Crippen molar-refractivity contribution < 1.29 is 0 Å². The molecule has 0 saturated carbocycles. The molecule has 0 bridgehead atoms. The van der Waals surface area contributed by atoms with Crippen molar-refractivity contribution in [1.82, 2.24) is 9.78 Å². The van der Waals surface area contributed by atoms with Gasteiger partial charge in [0.1, 0.15) is 0 Å². The predicted molar refractivity (Wildman–Crippen MR) is 52.5 cm³/mol. The van der Waals surface area contributed by atoms with Gasteiger partial charge in [-0.3, -0.25) is 4.68 Å². The zero-order valence-corrected chi connectivity index (χ0v) is 7.93. The lowest BCUT2D eigenvalue weighted by Gasteiger charge is -1.99. The molecule has 0 fully saturated rings. The molecule has 0 saturated heterocycles. The lowest BCUT2D eigenvalue weighted by atomic mass is 10.2. The summed E-state index contributed by atoms with van der Waals surface area (Å²) in [7, 11) is 1.97. The summed E-state index contributed by atoms with van der Waals surface area (Å²) in [4.78, 5) is 1.28. The number of rotatable bonds is 1. The van der Waals surface area contributed by atoms with Crippen LogP contribution in [0.15, 0.2) is 29.3 Å². The van der Waals surface area contributed by atoms with E-state index in [-0.39, 0.29) is 0 Å². The second kappa shape index (κ2) is 2.83. The van der Waals surface area contributed by atoms with Crippen molar-refractivity contribution in [3.05, 3.63) is 24.4 Å². The fourth-order valence-corrected chi connectivity index (χ4v) is 2.02. The molecule has 0 aliphatic rings. The van der Waals surface area contributed by atoms with Crippen LogP contribution in [-0.4, -0.2) is 16.0 Å². The molecule has 1 aromatic carbocycles. The summed E-state index contributed by atoms with van der Waals surface area (Å²) in [5, 5.41) is 5.42. The van der Waals surface area contributed by atoms with Crippen LogP contribution in [0, 0.1) is 0 Å². The Morgan fingerprint density at radius 1 is 1.42 bits per heavy atom. The minimum Gasteiger partial charge on any atom is -0.267 e. The first-order valence-corrected chi connectivity index (χ1v) is 5.00. The van der Waals surface area contributed by atoms with Crippen molar-refractivity contribution in [2.45, 2.75) is 4.90 Å². The molecule has 0 amide bonds. The maximum absolute atomic E-state index is 4.21. The average molecular weight is 178 g/mol. The standard InChI is InChI=1S/C9H10N2S/c1-11-9-7(6-10-11)4-3-5-8(9)12-2/h3-6H,1-2H3. The summed E-state index contributed by atoms with van der Waals surface area (Å²) in [5.74, 6) is 0. The van der Waals surface area contributed by atoms with Gasteiger partial charge in [-0.2, -0.15) is 5.10 Å². The van der Waals surface area contributed by atoms with Gasteiger partial charge >= 0.3 is 0 Å². The monoisotopic (exact) mass is 178 g/mol. The van der Waals surface area contributed by atoms with Crippen molar-refractivity contribution in [1.29, 1.82) is 0 Å². The Balaban J connectivity index is 2.84. The SMILES string of the molecule is CSc1cccc2cnn(C)c12. The maximum Gasteiger partial charge on any atom is 0.0814 e. The molecule has 0 aliphatic heterocycles. The largest absolute Gasteiger partial charge is 0.267 e. The number of hydrogen-bond acceptors (Lipinski definition) is 2. The van der Waals surface area contributed by atoms with E-state index in [1.807, 2.05) is 17.9 Å². The molecular weight excluding hydrogens is 168 g/mol. The number of fused-ring (bicyclic) bond motifs is 1. The van der Waals surface area contributed by atoms with E-state index in [1.54, 1.807) is 11.8 Å². The highest BCUT2D eigenvalue weighted by atomic mass is 32.2. The van der Waals surface area contributed by atoms with Crippen LogP contribution < -0.4 is 0 Å². The van der Waals surface area contributed by atoms with E-state index in [9.17, 15) is 0 Å². The van der Waals surface area contributed by atoms with E-state index in [1.165, 1.54) is 15.8 Å². The average Bonchev–Trinajstić information content (AvgIpc) is 2.48. The van der Waals surface area contributed by atoms with Gasteiger partial charge in [-0.25, -0.2) is 0 Å². The second-order valence-corrected chi connectivity index (χ2v) is 3.51. The fourth-order valence-electron chi connectivity index (χ4n) is 1.36. The molecule has 0 aliphatic carbocycles. The van der Waals surface area contributed by atoms with Gasteiger partial charge in [-0.15, -0.1) is 11.8 Å². The highest BCUT2D eigenvalue weighted by Gasteiger charge is 2.02. The molecule has 1 heterocycles. The zero-order valence-electron chi connectivity index (χ0n) is 7.11. The fraction of sp³-hybridized carbons (Fsp3) is 0.222. The van der Waals surface area contributed by atoms with Gasteiger partial charge in [-0.05, 0) is 12.3 Å². The Bertz CT molecular complexity index is 406. The van der Waals surface area contributed by atoms with Crippen LogP contribution in [-0.2, 0) is 7.05 Å². The van der Waals surface area contributed by atoms with Crippen molar-refractivity contribution in [2.75, 3.05) is 6.26 Å². The quantitative estimate of drug-likeness (QED) is 0.623. The molecule has 2 rings (SSSR count). The van der Waals surface area contributed by atoms with Crippen LogP contribution in [0.5, 0.6) is 0 Å². The zero-order chi connectivity index (χ0) is 8.55. The first kappa shape index (κ1) is 7.68. The Hall–Kier alpha value is -0.960. The number of aromatic nitrogens is 2. The topological polar surface area (TPSA) is 17.8 Å². The molecule has 0 N–H and O–H groups in total. The molecule has 2 nitrogen and oxygen atoms in total. The van der Waals surface area contributed by atoms with Crippen molar-refractivity contribution in [2.24, 2.45) is 7.05 Å². The molecule has 0 spiro atoms. The number of aryl methyl sites for hydroxylation is 1. The van der Waals surface area contributed by atoms with Gasteiger partial charge in [0.05, 0.1) is 11.7 Å². The summed E-state index contributed by atoms with van der Waals surface area (Å²) in [6.07, 6.45) is 3.98. The van der Waals surface area contributed by atoms with Crippen molar-refractivity contribution in [3.8, 4) is 0 Å². The number of hydrogen-bond donors (Lipinski definition) is 0. The first-order valence-electron chi connectivity index (χ1n) is 3.77.